The lowest BCUT2D eigenvalue weighted by atomic mass is 10.3. The molecule has 0 aromatic heterocycles. The van der Waals surface area contributed by atoms with Crippen LogP contribution in [-0.4, -0.2) is 72.4 Å². The predicted molar refractivity (Wildman–Crippen MR) is 77.5 cm³/mol. The van der Waals surface area contributed by atoms with Crippen molar-refractivity contribution in [2.75, 3.05) is 47.3 Å². The van der Waals surface area contributed by atoms with E-state index < -0.39 is 0 Å². The fourth-order valence-electron chi connectivity index (χ4n) is 2.09. The lowest BCUT2D eigenvalue weighted by Crippen LogP contribution is -2.41. The maximum Gasteiger partial charge on any atom is 0.319 e. The molecule has 0 aromatic carbocycles. The van der Waals surface area contributed by atoms with Crippen molar-refractivity contribution < 1.29 is 4.58 Å². The molecule has 0 aliphatic carbocycles. The summed E-state index contributed by atoms with van der Waals surface area (Å²) in [6.45, 7) is 4.80. The lowest BCUT2D eigenvalue weighted by Gasteiger charge is -2.21. The molecule has 6 heteroatoms. The Hall–Kier alpha value is 0.0900. The summed E-state index contributed by atoms with van der Waals surface area (Å²) in [4.78, 5) is 4.66. The Morgan fingerprint density at radius 2 is 1.94 bits per heavy atom. The van der Waals surface area contributed by atoms with E-state index >= 15 is 0 Å². The van der Waals surface area contributed by atoms with Crippen molar-refractivity contribution in [3.63, 3.8) is 0 Å². The molecule has 0 aromatic rings. The molecule has 2 fully saturated rings. The molecule has 2 aliphatic rings. The second-order valence-electron chi connectivity index (χ2n) is 4.94. The van der Waals surface area contributed by atoms with Crippen molar-refractivity contribution >= 4 is 26.8 Å². The molecule has 17 heavy (non-hydrogen) atoms. The first-order chi connectivity index (χ1) is 8.16. The van der Waals surface area contributed by atoms with Gasteiger partial charge in [-0.3, -0.25) is 9.48 Å². The number of nitrogens with zero attached hydrogens (tertiary/aromatic N) is 3. The number of amidine groups is 1. The van der Waals surface area contributed by atoms with Gasteiger partial charge in [0.25, 0.3) is 0 Å². The van der Waals surface area contributed by atoms with E-state index in [2.05, 4.69) is 40.8 Å². The maximum absolute atomic E-state index is 3.60. The van der Waals surface area contributed by atoms with Crippen LogP contribution in [0.4, 0.5) is 0 Å². The van der Waals surface area contributed by atoms with Gasteiger partial charge in [0.1, 0.15) is 0 Å². The summed E-state index contributed by atoms with van der Waals surface area (Å²) < 4.78 is 2.52. The van der Waals surface area contributed by atoms with Gasteiger partial charge in [0.15, 0.2) is 0 Å². The van der Waals surface area contributed by atoms with Crippen molar-refractivity contribution in [1.29, 1.82) is 0 Å². The zero-order valence-electron chi connectivity index (χ0n) is 11.0. The minimum Gasteiger partial charge on any atom is -0.306 e. The molecule has 0 radical (unpaired) electrons. The van der Waals surface area contributed by atoms with E-state index in [1.807, 2.05) is 21.6 Å². The van der Waals surface area contributed by atoms with E-state index in [4.69, 9.17) is 0 Å². The molecule has 2 saturated heterocycles. The van der Waals surface area contributed by atoms with Gasteiger partial charge in [-0.25, -0.2) is 5.32 Å². The third kappa shape index (κ3) is 3.77. The molecule has 98 valence electrons. The Labute approximate surface area is 112 Å². The predicted octanol–water partition coefficient (Wildman–Crippen LogP) is 0.910. The summed E-state index contributed by atoms with van der Waals surface area (Å²) in [6, 6.07) is 0. The van der Waals surface area contributed by atoms with Crippen LogP contribution in [0, 0.1) is 0 Å². The van der Waals surface area contributed by atoms with Crippen molar-refractivity contribution in [2.24, 2.45) is 0 Å². The molecule has 0 saturated carbocycles. The minimum absolute atomic E-state index is 0.420. The van der Waals surface area contributed by atoms with Crippen LogP contribution < -0.4 is 5.32 Å². The first kappa shape index (κ1) is 13.5. The summed E-state index contributed by atoms with van der Waals surface area (Å²) in [5.41, 5.74) is 0.420. The van der Waals surface area contributed by atoms with E-state index in [0.717, 1.165) is 0 Å². The summed E-state index contributed by atoms with van der Waals surface area (Å²) in [5, 5.41) is 4.96. The second-order valence-corrected chi connectivity index (χ2v) is 7.21. The number of rotatable bonds is 1. The van der Waals surface area contributed by atoms with Crippen LogP contribution >= 0.6 is 21.6 Å². The second kappa shape index (κ2) is 6.31. The fraction of sp³-hybridized carbons (Fsp3) is 0.909. The molecule has 2 heterocycles. The average molecular weight is 275 g/mol. The van der Waals surface area contributed by atoms with Crippen LogP contribution in [0.15, 0.2) is 0 Å². The summed E-state index contributed by atoms with van der Waals surface area (Å²) in [5.74, 6) is 0. The Kier molecular flexibility index (Phi) is 5.02. The van der Waals surface area contributed by atoms with Crippen LogP contribution in [0.3, 0.4) is 0 Å². The van der Waals surface area contributed by atoms with E-state index in [1.54, 1.807) is 0 Å². The highest BCUT2D eigenvalue weighted by atomic mass is 33.1. The highest BCUT2D eigenvalue weighted by Crippen LogP contribution is 2.33. The molecule has 2 aliphatic heterocycles. The molecule has 0 spiro atoms. The molecule has 2 rings (SSSR count). The maximum atomic E-state index is 3.60. The molecule has 4 nitrogen and oxygen atoms in total. The van der Waals surface area contributed by atoms with Gasteiger partial charge in [0, 0.05) is 23.9 Å². The molecule has 1 atom stereocenters. The lowest BCUT2D eigenvalue weighted by molar-refractivity contribution is -0.529. The summed E-state index contributed by atoms with van der Waals surface area (Å²) in [7, 11) is 10.3. The first-order valence-corrected chi connectivity index (χ1v) is 8.45. The third-order valence-corrected chi connectivity index (χ3v) is 5.82. The highest BCUT2D eigenvalue weighted by molar-refractivity contribution is 8.83. The van der Waals surface area contributed by atoms with Crippen LogP contribution in [-0.2, 0) is 0 Å². The van der Waals surface area contributed by atoms with Crippen LogP contribution in [0.5, 0.6) is 0 Å². The van der Waals surface area contributed by atoms with E-state index in [-0.39, 0.29) is 0 Å². The molecule has 0 amide bonds. The van der Waals surface area contributed by atoms with Crippen LogP contribution in [0.2, 0.25) is 0 Å². The van der Waals surface area contributed by atoms with Gasteiger partial charge < -0.3 is 4.90 Å². The van der Waals surface area contributed by atoms with Crippen molar-refractivity contribution in [3.05, 3.63) is 0 Å². The Bertz CT molecular complexity index is 281. The van der Waals surface area contributed by atoms with Crippen LogP contribution in [0.1, 0.15) is 12.8 Å². The number of hydrogen-bond donors (Lipinski definition) is 1. The van der Waals surface area contributed by atoms with Crippen molar-refractivity contribution in [3.8, 4) is 0 Å². The molecular weight excluding hydrogens is 252 g/mol. The topological polar surface area (TPSA) is 21.5 Å². The minimum atomic E-state index is 0.420. The monoisotopic (exact) mass is 275 g/mol. The van der Waals surface area contributed by atoms with Gasteiger partial charge in [0.2, 0.25) is 5.50 Å². The van der Waals surface area contributed by atoms with E-state index in [0.29, 0.717) is 5.50 Å². The zero-order valence-corrected chi connectivity index (χ0v) is 12.6. The molecular formula is C11H23N4S2+. The normalized spacial score (nSPS) is 28.1. The summed E-state index contributed by atoms with van der Waals surface area (Å²) in [6.07, 6.45) is 2.53. The number of nitrogens with one attached hydrogen (secondary N) is 1. The van der Waals surface area contributed by atoms with Gasteiger partial charge in [-0.15, -0.1) is 0 Å². The highest BCUT2D eigenvalue weighted by Gasteiger charge is 2.31. The zero-order chi connectivity index (χ0) is 12.3. The van der Waals surface area contributed by atoms with Gasteiger partial charge >= 0.3 is 5.17 Å². The Morgan fingerprint density at radius 3 is 2.47 bits per heavy atom. The van der Waals surface area contributed by atoms with Gasteiger partial charge in [-0.05, 0) is 44.8 Å². The average Bonchev–Trinajstić information content (AvgIpc) is 2.72. The van der Waals surface area contributed by atoms with Gasteiger partial charge in [0.05, 0.1) is 13.1 Å². The van der Waals surface area contributed by atoms with Gasteiger partial charge in [-0.1, -0.05) is 0 Å². The SMILES string of the molecule is CN1CCC[N+](=C2NC(N(C)C)SS2)CCC1. The van der Waals surface area contributed by atoms with E-state index in [9.17, 15) is 0 Å². The third-order valence-electron chi connectivity index (χ3n) is 3.16. The number of hydrogen-bond acceptors (Lipinski definition) is 4. The van der Waals surface area contributed by atoms with Crippen LogP contribution in [0.25, 0.3) is 0 Å². The quantitative estimate of drug-likeness (QED) is 0.566. The van der Waals surface area contributed by atoms with Crippen molar-refractivity contribution in [1.82, 2.24) is 15.1 Å². The standard InChI is InChI=1S/C11H22N4S2/c1-13(2)10-12-11(17-16-10)15-8-4-6-14(3)7-5-9-15/h10H,4-9H2,1-3H3/p+1. The first-order valence-electron chi connectivity index (χ1n) is 6.23. The molecule has 0 bridgehead atoms. The van der Waals surface area contributed by atoms with Crippen molar-refractivity contribution in [2.45, 2.75) is 18.3 Å². The Morgan fingerprint density at radius 1 is 1.29 bits per heavy atom. The largest absolute Gasteiger partial charge is 0.319 e. The fourth-order valence-corrected chi connectivity index (χ4v) is 4.80. The van der Waals surface area contributed by atoms with E-state index in [1.165, 1.54) is 44.2 Å². The smallest absolute Gasteiger partial charge is 0.306 e. The molecule has 1 N–H and O–H groups in total. The summed E-state index contributed by atoms with van der Waals surface area (Å²) >= 11 is 0. The Balaban J connectivity index is 1.96. The molecule has 1 unspecified atom stereocenters. The van der Waals surface area contributed by atoms with Gasteiger partial charge in [-0.2, -0.15) is 0 Å².